The molecule has 2 rings (SSSR count). The van der Waals surface area contributed by atoms with Gasteiger partial charge in [-0.3, -0.25) is 4.31 Å². The van der Waals surface area contributed by atoms with E-state index in [0.29, 0.717) is 10.2 Å². The highest BCUT2D eigenvalue weighted by molar-refractivity contribution is 9.11. The Balaban J connectivity index is 2.52. The average molecular weight is 444 g/mol. The van der Waals surface area contributed by atoms with Crippen molar-refractivity contribution in [3.05, 3.63) is 57.5 Å². The number of benzene rings is 2. The summed E-state index contributed by atoms with van der Waals surface area (Å²) in [5, 5.41) is 8.80. The summed E-state index contributed by atoms with van der Waals surface area (Å²) in [6.45, 7) is 0.103. The fourth-order valence-electron chi connectivity index (χ4n) is 1.94. The van der Waals surface area contributed by atoms with E-state index in [1.165, 1.54) is 10.4 Å². The molecule has 0 unspecified atom stereocenters. The Hall–Kier alpha value is -1.36. The van der Waals surface area contributed by atoms with Gasteiger partial charge >= 0.3 is 0 Å². The van der Waals surface area contributed by atoms with Gasteiger partial charge in [0.1, 0.15) is 4.90 Å². The first-order valence-corrected chi connectivity index (χ1v) is 9.39. The number of nitrogens with zero attached hydrogens (tertiary/aromatic N) is 2. The SMILES string of the molecule is N#CCCN(c1ccccc1)S(=O)(=O)c1ccc(Br)cc1Br. The van der Waals surface area contributed by atoms with Gasteiger partial charge in [-0.15, -0.1) is 0 Å². The third-order valence-corrected chi connectivity index (χ3v) is 6.23. The topological polar surface area (TPSA) is 61.2 Å². The molecule has 0 fully saturated rings. The fourth-order valence-corrected chi connectivity index (χ4v) is 5.11. The Morgan fingerprint density at radius 3 is 2.36 bits per heavy atom. The van der Waals surface area contributed by atoms with Crippen LogP contribution < -0.4 is 4.31 Å². The molecule has 0 radical (unpaired) electrons. The molecule has 0 bridgehead atoms. The van der Waals surface area contributed by atoms with Gasteiger partial charge in [-0.25, -0.2) is 8.42 Å². The molecular formula is C15H12Br2N2O2S. The van der Waals surface area contributed by atoms with Gasteiger partial charge in [0.05, 0.1) is 18.2 Å². The number of hydrogen-bond acceptors (Lipinski definition) is 3. The summed E-state index contributed by atoms with van der Waals surface area (Å²) < 4.78 is 28.4. The zero-order valence-corrected chi connectivity index (χ0v) is 15.4. The molecule has 114 valence electrons. The van der Waals surface area contributed by atoms with E-state index in [1.54, 1.807) is 36.4 Å². The van der Waals surface area contributed by atoms with Crippen molar-refractivity contribution in [2.75, 3.05) is 10.8 Å². The molecule has 0 saturated carbocycles. The quantitative estimate of drug-likeness (QED) is 0.691. The maximum atomic E-state index is 12.9. The van der Waals surface area contributed by atoms with E-state index in [-0.39, 0.29) is 17.9 Å². The molecule has 4 nitrogen and oxygen atoms in total. The lowest BCUT2D eigenvalue weighted by Crippen LogP contribution is -2.32. The normalized spacial score (nSPS) is 11.0. The first kappa shape index (κ1) is 17.0. The maximum Gasteiger partial charge on any atom is 0.265 e. The van der Waals surface area contributed by atoms with Gasteiger partial charge in [-0.1, -0.05) is 34.1 Å². The van der Waals surface area contributed by atoms with E-state index in [2.05, 4.69) is 31.9 Å². The molecule has 0 aliphatic heterocycles. The second kappa shape index (κ2) is 7.27. The zero-order chi connectivity index (χ0) is 16.2. The van der Waals surface area contributed by atoms with Crippen LogP contribution in [-0.2, 0) is 10.0 Å². The number of anilines is 1. The monoisotopic (exact) mass is 442 g/mol. The van der Waals surface area contributed by atoms with Gasteiger partial charge in [0.25, 0.3) is 10.0 Å². The summed E-state index contributed by atoms with van der Waals surface area (Å²) in [7, 11) is -3.76. The summed E-state index contributed by atoms with van der Waals surface area (Å²) in [6.07, 6.45) is 0.113. The van der Waals surface area contributed by atoms with Crippen LogP contribution in [0.5, 0.6) is 0 Å². The van der Waals surface area contributed by atoms with Gasteiger partial charge < -0.3 is 0 Å². The summed E-state index contributed by atoms with van der Waals surface area (Å²) in [6, 6.07) is 15.6. The van der Waals surface area contributed by atoms with E-state index in [4.69, 9.17) is 5.26 Å². The Bertz CT molecular complexity index is 802. The van der Waals surface area contributed by atoms with Crippen molar-refractivity contribution in [3.63, 3.8) is 0 Å². The maximum absolute atomic E-state index is 12.9. The third-order valence-electron chi connectivity index (χ3n) is 2.93. The highest BCUT2D eigenvalue weighted by atomic mass is 79.9. The Kier molecular flexibility index (Phi) is 5.62. The van der Waals surface area contributed by atoms with Gasteiger partial charge in [0.2, 0.25) is 0 Å². The molecule has 0 aromatic heterocycles. The lowest BCUT2D eigenvalue weighted by atomic mass is 10.3. The van der Waals surface area contributed by atoms with Crippen LogP contribution in [0.25, 0.3) is 0 Å². The highest BCUT2D eigenvalue weighted by Gasteiger charge is 2.26. The highest BCUT2D eigenvalue weighted by Crippen LogP contribution is 2.30. The molecule has 0 heterocycles. The van der Waals surface area contributed by atoms with Crippen molar-refractivity contribution in [1.82, 2.24) is 0 Å². The van der Waals surface area contributed by atoms with Crippen molar-refractivity contribution >= 4 is 47.6 Å². The molecule has 0 aliphatic rings. The summed E-state index contributed by atoms with van der Waals surface area (Å²) in [5.41, 5.74) is 0.535. The summed E-state index contributed by atoms with van der Waals surface area (Å²) in [5.74, 6) is 0. The minimum Gasteiger partial charge on any atom is -0.265 e. The molecule has 0 spiro atoms. The predicted octanol–water partition coefficient (Wildman–Crippen LogP) is 4.32. The van der Waals surface area contributed by atoms with Gasteiger partial charge in [0.15, 0.2) is 0 Å². The van der Waals surface area contributed by atoms with Crippen LogP contribution in [0.2, 0.25) is 0 Å². The zero-order valence-electron chi connectivity index (χ0n) is 11.4. The molecule has 0 N–H and O–H groups in total. The number of sulfonamides is 1. The smallest absolute Gasteiger partial charge is 0.265 e. The number of halogens is 2. The summed E-state index contributed by atoms with van der Waals surface area (Å²) in [4.78, 5) is 0.164. The number of para-hydroxylation sites is 1. The third kappa shape index (κ3) is 3.69. The first-order valence-electron chi connectivity index (χ1n) is 6.36. The van der Waals surface area contributed by atoms with Gasteiger partial charge in [-0.05, 0) is 46.3 Å². The van der Waals surface area contributed by atoms with E-state index in [0.717, 1.165) is 4.47 Å². The summed E-state index contributed by atoms with van der Waals surface area (Å²) >= 11 is 6.60. The van der Waals surface area contributed by atoms with Crippen molar-refractivity contribution in [2.45, 2.75) is 11.3 Å². The second-order valence-corrected chi connectivity index (χ2v) is 8.00. The van der Waals surface area contributed by atoms with E-state index >= 15 is 0 Å². The molecule has 0 atom stereocenters. The van der Waals surface area contributed by atoms with Crippen molar-refractivity contribution in [3.8, 4) is 6.07 Å². The number of rotatable bonds is 5. The number of nitriles is 1. The molecule has 7 heteroatoms. The van der Waals surface area contributed by atoms with Crippen molar-refractivity contribution in [1.29, 1.82) is 5.26 Å². The standard InChI is InChI=1S/C15H12Br2N2O2S/c16-12-7-8-15(14(17)11-12)22(20,21)19(10-4-9-18)13-5-2-1-3-6-13/h1-3,5-8,11H,4,10H2. The molecule has 0 amide bonds. The first-order chi connectivity index (χ1) is 10.5. The Morgan fingerprint density at radius 1 is 1.09 bits per heavy atom. The van der Waals surface area contributed by atoms with Crippen LogP contribution in [-0.4, -0.2) is 15.0 Å². The Labute approximate surface area is 146 Å². The van der Waals surface area contributed by atoms with E-state index in [9.17, 15) is 8.42 Å². The van der Waals surface area contributed by atoms with Crippen LogP contribution in [0.1, 0.15) is 6.42 Å². The molecule has 2 aromatic carbocycles. The van der Waals surface area contributed by atoms with Crippen LogP contribution in [0.4, 0.5) is 5.69 Å². The molecule has 22 heavy (non-hydrogen) atoms. The minimum atomic E-state index is -3.76. The van der Waals surface area contributed by atoms with Crippen LogP contribution in [0.3, 0.4) is 0 Å². The van der Waals surface area contributed by atoms with Gasteiger partial charge in [0, 0.05) is 15.5 Å². The predicted molar refractivity (Wildman–Crippen MR) is 93.0 cm³/mol. The molecule has 0 aliphatic carbocycles. The van der Waals surface area contributed by atoms with E-state index in [1.807, 2.05) is 12.1 Å². The number of hydrogen-bond donors (Lipinski definition) is 0. The minimum absolute atomic E-state index is 0.103. The van der Waals surface area contributed by atoms with Crippen LogP contribution >= 0.6 is 31.9 Å². The second-order valence-electron chi connectivity index (χ2n) is 4.40. The lowest BCUT2D eigenvalue weighted by Gasteiger charge is -2.24. The van der Waals surface area contributed by atoms with E-state index < -0.39 is 10.0 Å². The molecule has 0 saturated heterocycles. The van der Waals surface area contributed by atoms with Crippen molar-refractivity contribution in [2.24, 2.45) is 0 Å². The van der Waals surface area contributed by atoms with Crippen LogP contribution in [0, 0.1) is 11.3 Å². The Morgan fingerprint density at radius 2 is 1.77 bits per heavy atom. The average Bonchev–Trinajstić information content (AvgIpc) is 2.48. The molecular weight excluding hydrogens is 432 g/mol. The lowest BCUT2D eigenvalue weighted by molar-refractivity contribution is 0.590. The molecule has 2 aromatic rings. The van der Waals surface area contributed by atoms with Crippen LogP contribution in [0.15, 0.2) is 62.4 Å². The fraction of sp³-hybridized carbons (Fsp3) is 0.133. The largest absolute Gasteiger partial charge is 0.265 e. The van der Waals surface area contributed by atoms with Crippen molar-refractivity contribution < 1.29 is 8.42 Å². The van der Waals surface area contributed by atoms with Gasteiger partial charge in [-0.2, -0.15) is 5.26 Å².